The van der Waals surface area contributed by atoms with Crippen LogP contribution in [0.15, 0.2) is 23.4 Å². The smallest absolute Gasteiger partial charge is 0.146 e. The molecule has 1 saturated carbocycles. The molecule has 2 rings (SSSR count). The summed E-state index contributed by atoms with van der Waals surface area (Å²) in [6.07, 6.45) is 3.76. The first-order valence-corrected chi connectivity index (χ1v) is 5.89. The highest BCUT2D eigenvalue weighted by Gasteiger charge is 2.28. The van der Waals surface area contributed by atoms with Crippen LogP contribution in [0.5, 0.6) is 0 Å². The van der Waals surface area contributed by atoms with Crippen LogP contribution >= 0.6 is 23.4 Å². The van der Waals surface area contributed by atoms with Gasteiger partial charge in [0.15, 0.2) is 0 Å². The number of hydrogen-bond acceptors (Lipinski definition) is 3. The van der Waals surface area contributed by atoms with Crippen LogP contribution in [0.25, 0.3) is 0 Å². The van der Waals surface area contributed by atoms with Crippen molar-refractivity contribution in [2.45, 2.75) is 17.9 Å². The van der Waals surface area contributed by atoms with Gasteiger partial charge in [0.05, 0.1) is 15.8 Å². The third-order valence-electron chi connectivity index (χ3n) is 2.10. The second kappa shape index (κ2) is 4.32. The number of ketones is 1. The number of pyridine rings is 1. The molecule has 0 aromatic carbocycles. The molecule has 74 valence electrons. The molecule has 0 N–H and O–H groups in total. The van der Waals surface area contributed by atoms with Gasteiger partial charge in [-0.1, -0.05) is 23.4 Å². The number of carbonyl (C=O) groups is 1. The Bertz CT molecular complexity index is 334. The average molecular weight is 228 g/mol. The van der Waals surface area contributed by atoms with E-state index < -0.39 is 0 Å². The van der Waals surface area contributed by atoms with Gasteiger partial charge in [-0.15, -0.1) is 0 Å². The highest BCUT2D eigenvalue weighted by Crippen LogP contribution is 2.31. The van der Waals surface area contributed by atoms with Gasteiger partial charge in [-0.2, -0.15) is 0 Å². The van der Waals surface area contributed by atoms with Gasteiger partial charge in [0.25, 0.3) is 0 Å². The molecule has 1 aromatic rings. The number of thioether (sulfide) groups is 1. The van der Waals surface area contributed by atoms with Crippen LogP contribution in [-0.4, -0.2) is 16.5 Å². The predicted octanol–water partition coefficient (Wildman–Crippen LogP) is 2.81. The molecule has 0 amide bonds. The fraction of sp³-hybridized carbons (Fsp3) is 0.400. The van der Waals surface area contributed by atoms with Crippen LogP contribution in [-0.2, 0) is 4.79 Å². The second-order valence-corrected chi connectivity index (χ2v) is 4.78. The van der Waals surface area contributed by atoms with E-state index in [0.29, 0.717) is 22.5 Å². The molecule has 1 fully saturated rings. The first-order valence-electron chi connectivity index (χ1n) is 4.53. The van der Waals surface area contributed by atoms with Crippen LogP contribution < -0.4 is 0 Å². The Morgan fingerprint density at radius 2 is 2.36 bits per heavy atom. The van der Waals surface area contributed by atoms with E-state index in [-0.39, 0.29) is 0 Å². The van der Waals surface area contributed by atoms with Gasteiger partial charge < -0.3 is 0 Å². The Balaban J connectivity index is 1.85. The first kappa shape index (κ1) is 9.99. The maximum absolute atomic E-state index is 11.4. The van der Waals surface area contributed by atoms with E-state index in [9.17, 15) is 4.79 Å². The van der Waals surface area contributed by atoms with Crippen LogP contribution in [0, 0.1) is 5.92 Å². The highest BCUT2D eigenvalue weighted by atomic mass is 35.5. The lowest BCUT2D eigenvalue weighted by Crippen LogP contribution is -2.03. The summed E-state index contributed by atoms with van der Waals surface area (Å²) in [5.41, 5.74) is 0. The minimum atomic E-state index is 0.342. The quantitative estimate of drug-likeness (QED) is 0.741. The molecule has 4 heteroatoms. The molecule has 0 spiro atoms. The molecule has 0 unspecified atom stereocenters. The normalized spacial score (nSPS) is 15.5. The molecule has 0 atom stereocenters. The number of nitrogens with zero attached hydrogens (tertiary/aromatic N) is 1. The molecule has 1 aliphatic rings. The van der Waals surface area contributed by atoms with E-state index >= 15 is 0 Å². The summed E-state index contributed by atoms with van der Waals surface area (Å²) < 4.78 is 0. The minimum Gasteiger partial charge on any atom is -0.298 e. The Morgan fingerprint density at radius 3 is 2.93 bits per heavy atom. The summed E-state index contributed by atoms with van der Waals surface area (Å²) in [4.78, 5) is 15.5. The van der Waals surface area contributed by atoms with E-state index in [1.165, 1.54) is 11.8 Å². The molecule has 1 aromatic heterocycles. The minimum absolute atomic E-state index is 0.342. The largest absolute Gasteiger partial charge is 0.298 e. The fourth-order valence-electron chi connectivity index (χ4n) is 1.12. The number of aromatic nitrogens is 1. The summed E-state index contributed by atoms with van der Waals surface area (Å²) in [6, 6.07) is 3.63. The van der Waals surface area contributed by atoms with Gasteiger partial charge >= 0.3 is 0 Å². The molecule has 1 heterocycles. The first-order chi connectivity index (χ1) is 6.75. The van der Waals surface area contributed by atoms with E-state index in [2.05, 4.69) is 4.98 Å². The zero-order valence-corrected chi connectivity index (χ0v) is 9.14. The van der Waals surface area contributed by atoms with E-state index in [0.717, 1.165) is 17.9 Å². The molecule has 0 saturated heterocycles. The summed E-state index contributed by atoms with van der Waals surface area (Å²) in [5, 5.41) is 1.49. The lowest BCUT2D eigenvalue weighted by molar-refractivity contribution is -0.117. The van der Waals surface area contributed by atoms with Crippen molar-refractivity contribution in [1.82, 2.24) is 4.98 Å². The third-order valence-corrected chi connectivity index (χ3v) is 3.28. The monoisotopic (exact) mass is 227 g/mol. The Morgan fingerprint density at radius 1 is 1.57 bits per heavy atom. The molecule has 0 bridgehead atoms. The van der Waals surface area contributed by atoms with Crippen molar-refractivity contribution < 1.29 is 4.79 Å². The lowest BCUT2D eigenvalue weighted by Gasteiger charge is -1.98. The SMILES string of the molecule is O=C(CSc1ccc(Cl)cn1)C1CC1. The Hall–Kier alpha value is -0.540. The van der Waals surface area contributed by atoms with Gasteiger partial charge in [0, 0.05) is 12.1 Å². The highest BCUT2D eigenvalue weighted by molar-refractivity contribution is 7.99. The molecule has 0 aliphatic heterocycles. The Kier molecular flexibility index (Phi) is 3.08. The van der Waals surface area contributed by atoms with E-state index in [1.807, 2.05) is 6.07 Å². The third kappa shape index (κ3) is 2.72. The van der Waals surface area contributed by atoms with Gasteiger partial charge in [-0.3, -0.25) is 4.79 Å². The topological polar surface area (TPSA) is 30.0 Å². The molecular formula is C10H10ClNOS. The second-order valence-electron chi connectivity index (χ2n) is 3.34. The van der Waals surface area contributed by atoms with Crippen molar-refractivity contribution in [3.05, 3.63) is 23.4 Å². The summed E-state index contributed by atoms with van der Waals surface area (Å²) >= 11 is 7.18. The number of rotatable bonds is 4. The van der Waals surface area contributed by atoms with Crippen molar-refractivity contribution in [1.29, 1.82) is 0 Å². The molecule has 14 heavy (non-hydrogen) atoms. The van der Waals surface area contributed by atoms with Crippen LogP contribution in [0.4, 0.5) is 0 Å². The standard InChI is InChI=1S/C10H10ClNOS/c11-8-3-4-10(12-5-8)14-6-9(13)7-1-2-7/h3-5,7H,1-2,6H2. The van der Waals surface area contributed by atoms with E-state index in [1.54, 1.807) is 12.3 Å². The number of Topliss-reactive ketones (excluding diaryl/α,β-unsaturated/α-hetero) is 1. The predicted molar refractivity (Wildman–Crippen MR) is 57.7 cm³/mol. The maximum Gasteiger partial charge on any atom is 0.146 e. The summed E-state index contributed by atoms with van der Waals surface area (Å²) in [7, 11) is 0. The fourth-order valence-corrected chi connectivity index (χ4v) is 2.05. The average Bonchev–Trinajstić information content (AvgIpc) is 3.00. The zero-order valence-electron chi connectivity index (χ0n) is 7.57. The molecular weight excluding hydrogens is 218 g/mol. The van der Waals surface area contributed by atoms with Crippen LogP contribution in [0.1, 0.15) is 12.8 Å². The van der Waals surface area contributed by atoms with Gasteiger partial charge in [-0.05, 0) is 25.0 Å². The Labute approximate surface area is 92.1 Å². The lowest BCUT2D eigenvalue weighted by atomic mass is 10.3. The summed E-state index contributed by atoms with van der Waals surface area (Å²) in [6.45, 7) is 0. The number of hydrogen-bond donors (Lipinski definition) is 0. The molecule has 1 aliphatic carbocycles. The zero-order chi connectivity index (χ0) is 9.97. The van der Waals surface area contributed by atoms with Crippen LogP contribution in [0.3, 0.4) is 0 Å². The van der Waals surface area contributed by atoms with Crippen molar-refractivity contribution in [2.75, 3.05) is 5.75 Å². The van der Waals surface area contributed by atoms with Crippen molar-refractivity contribution >= 4 is 29.1 Å². The van der Waals surface area contributed by atoms with Crippen LogP contribution in [0.2, 0.25) is 5.02 Å². The number of carbonyl (C=O) groups excluding carboxylic acids is 1. The van der Waals surface area contributed by atoms with Crippen molar-refractivity contribution in [3.8, 4) is 0 Å². The maximum atomic E-state index is 11.4. The van der Waals surface area contributed by atoms with Crippen molar-refractivity contribution in [2.24, 2.45) is 5.92 Å². The summed E-state index contributed by atoms with van der Waals surface area (Å²) in [5.74, 6) is 1.24. The number of halogens is 1. The van der Waals surface area contributed by atoms with Gasteiger partial charge in [-0.25, -0.2) is 4.98 Å². The van der Waals surface area contributed by atoms with Crippen molar-refractivity contribution in [3.63, 3.8) is 0 Å². The van der Waals surface area contributed by atoms with Gasteiger partial charge in [0.1, 0.15) is 5.78 Å². The molecule has 2 nitrogen and oxygen atoms in total. The van der Waals surface area contributed by atoms with E-state index in [4.69, 9.17) is 11.6 Å². The van der Waals surface area contributed by atoms with Gasteiger partial charge in [0.2, 0.25) is 0 Å². The molecule has 0 radical (unpaired) electrons.